The molecule has 0 saturated carbocycles. The van der Waals surface area contributed by atoms with Crippen LogP contribution in [0.2, 0.25) is 5.02 Å². The third-order valence-corrected chi connectivity index (χ3v) is 3.56. The van der Waals surface area contributed by atoms with E-state index >= 15 is 0 Å². The number of ether oxygens (including phenoxy) is 1. The Balaban J connectivity index is 2.42. The molecule has 3 rings (SSSR count). The summed E-state index contributed by atoms with van der Waals surface area (Å²) in [7, 11) is 1.57. The van der Waals surface area contributed by atoms with Gasteiger partial charge in [-0.25, -0.2) is 4.98 Å². The molecule has 0 aliphatic carbocycles. The number of nitrogens with zero attached hydrogens (tertiary/aromatic N) is 4. The number of fused-ring (bicyclic) bond motifs is 1. The monoisotopic (exact) mass is 288 g/mol. The first-order chi connectivity index (χ1) is 9.61. The Morgan fingerprint density at radius 3 is 2.70 bits per heavy atom. The number of aromatic nitrogens is 4. The molecule has 0 spiro atoms. The smallest absolute Gasteiger partial charge is 0.215 e. The van der Waals surface area contributed by atoms with Crippen LogP contribution in [0.5, 0.6) is 5.88 Å². The van der Waals surface area contributed by atoms with Crippen LogP contribution in [-0.2, 0) is 0 Å². The van der Waals surface area contributed by atoms with Gasteiger partial charge in [-0.1, -0.05) is 17.7 Å². The van der Waals surface area contributed by atoms with Crippen molar-refractivity contribution in [2.45, 2.75) is 13.8 Å². The lowest BCUT2D eigenvalue weighted by atomic mass is 10.1. The molecule has 1 aromatic carbocycles. The molecule has 2 aromatic heterocycles. The summed E-state index contributed by atoms with van der Waals surface area (Å²) in [5.74, 6) is 1.27. The minimum absolute atomic E-state index is 0.486. The lowest BCUT2D eigenvalue weighted by Gasteiger charge is -2.12. The van der Waals surface area contributed by atoms with E-state index in [2.05, 4.69) is 15.2 Å². The number of benzene rings is 1. The van der Waals surface area contributed by atoms with Gasteiger partial charge in [-0.05, 0) is 25.5 Å². The highest BCUT2D eigenvalue weighted by atomic mass is 35.5. The number of methoxy groups -OCH3 is 1. The van der Waals surface area contributed by atoms with Crippen LogP contribution in [0.3, 0.4) is 0 Å². The van der Waals surface area contributed by atoms with Crippen LogP contribution in [0, 0.1) is 13.8 Å². The summed E-state index contributed by atoms with van der Waals surface area (Å²) >= 11 is 6.36. The molecule has 0 amide bonds. The van der Waals surface area contributed by atoms with Crippen LogP contribution in [0.25, 0.3) is 16.6 Å². The van der Waals surface area contributed by atoms with Crippen LogP contribution >= 0.6 is 11.6 Å². The Kier molecular flexibility index (Phi) is 3.06. The first kappa shape index (κ1) is 12.9. The molecule has 102 valence electrons. The van der Waals surface area contributed by atoms with Crippen molar-refractivity contribution >= 4 is 22.5 Å². The Bertz CT molecular complexity index is 797. The van der Waals surface area contributed by atoms with Crippen LogP contribution in [-0.4, -0.2) is 26.9 Å². The fourth-order valence-electron chi connectivity index (χ4n) is 2.25. The average Bonchev–Trinajstić information content (AvgIpc) is 2.84. The highest BCUT2D eigenvalue weighted by molar-refractivity contribution is 6.36. The largest absolute Gasteiger partial charge is 0.481 e. The zero-order valence-corrected chi connectivity index (χ0v) is 12.1. The Labute approximate surface area is 121 Å². The van der Waals surface area contributed by atoms with E-state index in [1.54, 1.807) is 19.5 Å². The van der Waals surface area contributed by atoms with E-state index in [9.17, 15) is 0 Å². The zero-order valence-electron chi connectivity index (χ0n) is 11.4. The molecule has 0 aliphatic heterocycles. The second-order valence-electron chi connectivity index (χ2n) is 4.52. The number of aryl methyl sites for hydroxylation is 2. The van der Waals surface area contributed by atoms with Gasteiger partial charge in [-0.3, -0.25) is 4.57 Å². The van der Waals surface area contributed by atoms with Crippen molar-refractivity contribution in [2.24, 2.45) is 0 Å². The fourth-order valence-corrected chi connectivity index (χ4v) is 2.58. The molecule has 0 fully saturated rings. The van der Waals surface area contributed by atoms with Crippen LogP contribution in [0.15, 0.2) is 24.5 Å². The molecule has 0 saturated heterocycles. The first-order valence-corrected chi connectivity index (χ1v) is 6.50. The van der Waals surface area contributed by atoms with Gasteiger partial charge in [0, 0.05) is 11.5 Å². The molecule has 0 aliphatic rings. The van der Waals surface area contributed by atoms with Gasteiger partial charge in [0.1, 0.15) is 17.7 Å². The Morgan fingerprint density at radius 2 is 2.05 bits per heavy atom. The predicted molar refractivity (Wildman–Crippen MR) is 77.7 cm³/mol. The van der Waals surface area contributed by atoms with Crippen molar-refractivity contribution < 1.29 is 4.74 Å². The molecule has 0 atom stereocenters. The molecule has 20 heavy (non-hydrogen) atoms. The summed E-state index contributed by atoms with van der Waals surface area (Å²) in [5, 5.41) is 9.46. The van der Waals surface area contributed by atoms with Gasteiger partial charge in [0.2, 0.25) is 5.88 Å². The first-order valence-electron chi connectivity index (χ1n) is 6.12. The highest BCUT2D eigenvalue weighted by Gasteiger charge is 2.13. The fraction of sp³-hybridized carbons (Fsp3) is 0.214. The number of pyridine rings is 1. The van der Waals surface area contributed by atoms with Crippen molar-refractivity contribution in [3.05, 3.63) is 40.9 Å². The molecule has 0 radical (unpaired) electrons. The SMILES string of the molecule is COc1cc(Cl)c2c(C)ccc(-n3cnnc3C)c2n1. The summed E-state index contributed by atoms with van der Waals surface area (Å²) in [4.78, 5) is 4.53. The quantitative estimate of drug-likeness (QED) is 0.727. The van der Waals surface area contributed by atoms with E-state index in [1.165, 1.54) is 0 Å². The maximum atomic E-state index is 6.36. The minimum atomic E-state index is 0.486. The average molecular weight is 289 g/mol. The van der Waals surface area contributed by atoms with E-state index in [0.717, 1.165) is 28.0 Å². The summed E-state index contributed by atoms with van der Waals surface area (Å²) < 4.78 is 7.09. The summed E-state index contributed by atoms with van der Waals surface area (Å²) in [6, 6.07) is 5.72. The molecule has 0 N–H and O–H groups in total. The summed E-state index contributed by atoms with van der Waals surface area (Å²) in [6.45, 7) is 3.89. The second kappa shape index (κ2) is 4.76. The van der Waals surface area contributed by atoms with Crippen molar-refractivity contribution in [1.29, 1.82) is 0 Å². The summed E-state index contributed by atoms with van der Waals surface area (Å²) in [6.07, 6.45) is 1.66. The molecule has 0 unspecified atom stereocenters. The van der Waals surface area contributed by atoms with Gasteiger partial charge in [-0.15, -0.1) is 10.2 Å². The molecule has 5 nitrogen and oxygen atoms in total. The minimum Gasteiger partial charge on any atom is -0.481 e. The van der Waals surface area contributed by atoms with Gasteiger partial charge in [0.05, 0.1) is 17.8 Å². The third kappa shape index (κ3) is 1.91. The van der Waals surface area contributed by atoms with E-state index in [0.29, 0.717) is 10.9 Å². The third-order valence-electron chi connectivity index (χ3n) is 3.26. The molecule has 3 aromatic rings. The van der Waals surface area contributed by atoms with E-state index in [4.69, 9.17) is 16.3 Å². The molecule has 2 heterocycles. The van der Waals surface area contributed by atoms with E-state index in [-0.39, 0.29) is 0 Å². The number of hydrogen-bond acceptors (Lipinski definition) is 4. The standard InChI is InChI=1S/C14H13ClN4O/c1-8-4-5-11(19-7-16-18-9(19)2)14-13(8)10(15)6-12(17-14)20-3/h4-7H,1-3H3. The molecule has 0 bridgehead atoms. The number of rotatable bonds is 2. The van der Waals surface area contributed by atoms with Crippen molar-refractivity contribution in [2.75, 3.05) is 7.11 Å². The van der Waals surface area contributed by atoms with Gasteiger partial charge < -0.3 is 4.74 Å². The zero-order chi connectivity index (χ0) is 14.3. The maximum absolute atomic E-state index is 6.36. The van der Waals surface area contributed by atoms with E-state index < -0.39 is 0 Å². The maximum Gasteiger partial charge on any atom is 0.215 e. The van der Waals surface area contributed by atoms with Crippen molar-refractivity contribution in [3.63, 3.8) is 0 Å². The van der Waals surface area contributed by atoms with Crippen LogP contribution in [0.1, 0.15) is 11.4 Å². The van der Waals surface area contributed by atoms with Crippen molar-refractivity contribution in [3.8, 4) is 11.6 Å². The normalized spacial score (nSPS) is 11.0. The van der Waals surface area contributed by atoms with Gasteiger partial charge >= 0.3 is 0 Å². The van der Waals surface area contributed by atoms with E-state index in [1.807, 2.05) is 30.5 Å². The predicted octanol–water partition coefficient (Wildman–Crippen LogP) is 3.09. The lowest BCUT2D eigenvalue weighted by molar-refractivity contribution is 0.399. The summed E-state index contributed by atoms with van der Waals surface area (Å²) in [5.41, 5.74) is 2.72. The molecule has 6 heteroatoms. The molecular weight excluding hydrogens is 276 g/mol. The van der Waals surface area contributed by atoms with Crippen molar-refractivity contribution in [1.82, 2.24) is 19.7 Å². The Hall–Kier alpha value is -2.14. The van der Waals surface area contributed by atoms with Gasteiger partial charge in [0.15, 0.2) is 0 Å². The van der Waals surface area contributed by atoms with Gasteiger partial charge in [-0.2, -0.15) is 0 Å². The van der Waals surface area contributed by atoms with Gasteiger partial charge in [0.25, 0.3) is 0 Å². The van der Waals surface area contributed by atoms with Crippen LogP contribution in [0.4, 0.5) is 0 Å². The highest BCUT2D eigenvalue weighted by Crippen LogP contribution is 2.32. The number of hydrogen-bond donors (Lipinski definition) is 0. The topological polar surface area (TPSA) is 52.8 Å². The molecular formula is C14H13ClN4O. The lowest BCUT2D eigenvalue weighted by Crippen LogP contribution is -2.00. The number of halogens is 1. The Morgan fingerprint density at radius 1 is 1.25 bits per heavy atom. The van der Waals surface area contributed by atoms with Crippen LogP contribution < -0.4 is 4.74 Å². The second-order valence-corrected chi connectivity index (χ2v) is 4.93.